The Morgan fingerprint density at radius 1 is 1.45 bits per heavy atom. The summed E-state index contributed by atoms with van der Waals surface area (Å²) < 4.78 is 38.0. The van der Waals surface area contributed by atoms with Gasteiger partial charge in [0.05, 0.1) is 6.54 Å². The van der Waals surface area contributed by atoms with E-state index in [1.165, 1.54) is 0 Å². The average Bonchev–Trinajstić information content (AvgIpc) is 3.18. The highest BCUT2D eigenvalue weighted by Gasteiger charge is 2.42. The number of alkyl halides is 3. The first-order valence-corrected chi connectivity index (χ1v) is 6.65. The second-order valence-electron chi connectivity index (χ2n) is 5.40. The summed E-state index contributed by atoms with van der Waals surface area (Å²) in [4.78, 5) is 24.2. The molecule has 1 saturated heterocycles. The normalized spacial score (nSPS) is 25.0. The van der Waals surface area contributed by atoms with Gasteiger partial charge in [-0.25, -0.2) is 0 Å². The summed E-state index contributed by atoms with van der Waals surface area (Å²) in [5, 5.41) is 5.16. The van der Waals surface area contributed by atoms with Gasteiger partial charge in [-0.05, 0) is 25.7 Å². The van der Waals surface area contributed by atoms with E-state index in [4.69, 9.17) is 0 Å². The van der Waals surface area contributed by atoms with Gasteiger partial charge in [-0.15, -0.1) is 0 Å². The van der Waals surface area contributed by atoms with Gasteiger partial charge in [0.2, 0.25) is 11.8 Å². The van der Waals surface area contributed by atoms with E-state index in [9.17, 15) is 22.8 Å². The summed E-state index contributed by atoms with van der Waals surface area (Å²) in [7, 11) is 0. The first kappa shape index (κ1) is 15.1. The van der Waals surface area contributed by atoms with E-state index in [0.717, 1.165) is 17.7 Å². The summed E-state index contributed by atoms with van der Waals surface area (Å²) in [5.41, 5.74) is 0. The van der Waals surface area contributed by atoms with Crippen LogP contribution in [0.25, 0.3) is 0 Å². The zero-order chi connectivity index (χ0) is 14.9. The maximum absolute atomic E-state index is 12.7. The predicted octanol–water partition coefficient (Wildman–Crippen LogP) is 0.264. The van der Waals surface area contributed by atoms with Crippen molar-refractivity contribution in [1.82, 2.24) is 15.5 Å². The molecule has 2 fully saturated rings. The molecule has 0 radical (unpaired) electrons. The Kier molecular flexibility index (Phi) is 4.22. The van der Waals surface area contributed by atoms with Gasteiger partial charge in [-0.1, -0.05) is 0 Å². The van der Waals surface area contributed by atoms with Crippen LogP contribution >= 0.6 is 0 Å². The molecule has 1 aliphatic heterocycles. The predicted molar refractivity (Wildman–Crippen MR) is 64.8 cm³/mol. The molecule has 0 aromatic rings. The minimum absolute atomic E-state index is 0.0312. The Morgan fingerprint density at radius 2 is 2.10 bits per heavy atom. The lowest BCUT2D eigenvalue weighted by atomic mass is 10.1. The van der Waals surface area contributed by atoms with Gasteiger partial charge in [0.25, 0.3) is 0 Å². The fourth-order valence-corrected chi connectivity index (χ4v) is 2.39. The highest BCUT2D eigenvalue weighted by atomic mass is 19.4. The van der Waals surface area contributed by atoms with Gasteiger partial charge in [0.1, 0.15) is 12.6 Å². The monoisotopic (exact) mass is 293 g/mol. The van der Waals surface area contributed by atoms with Crippen molar-refractivity contribution in [3.63, 3.8) is 0 Å². The molecule has 1 saturated carbocycles. The van der Waals surface area contributed by atoms with Crippen LogP contribution in [-0.4, -0.2) is 54.6 Å². The van der Waals surface area contributed by atoms with E-state index < -0.39 is 30.7 Å². The minimum atomic E-state index is -4.42. The lowest BCUT2D eigenvalue weighted by molar-refractivity contribution is -0.167. The number of nitrogens with one attached hydrogen (secondary N) is 2. The SMILES string of the molecule is CC(C1CC1)N(CC(F)(F)F)C(=O)C1CNC(=O)CN1. The summed E-state index contributed by atoms with van der Waals surface area (Å²) in [5.74, 6) is -0.701. The number of hydrogen-bond donors (Lipinski definition) is 2. The van der Waals surface area contributed by atoms with E-state index in [0.29, 0.717) is 0 Å². The number of carbonyl (C=O) groups is 2. The van der Waals surface area contributed by atoms with E-state index in [2.05, 4.69) is 10.6 Å². The van der Waals surface area contributed by atoms with Crippen LogP contribution in [0.5, 0.6) is 0 Å². The van der Waals surface area contributed by atoms with Crippen molar-refractivity contribution in [1.29, 1.82) is 0 Å². The fraction of sp³-hybridized carbons (Fsp3) is 0.833. The summed E-state index contributed by atoms with van der Waals surface area (Å²) >= 11 is 0. The molecule has 2 atom stereocenters. The molecule has 1 heterocycles. The molecule has 0 aromatic heterocycles. The third-order valence-electron chi connectivity index (χ3n) is 3.74. The molecule has 20 heavy (non-hydrogen) atoms. The Morgan fingerprint density at radius 3 is 2.55 bits per heavy atom. The van der Waals surface area contributed by atoms with Gasteiger partial charge in [0, 0.05) is 12.6 Å². The van der Waals surface area contributed by atoms with Crippen molar-refractivity contribution in [2.45, 2.75) is 38.0 Å². The molecule has 2 unspecified atom stereocenters. The molecule has 114 valence electrons. The molecule has 0 aromatic carbocycles. The zero-order valence-electron chi connectivity index (χ0n) is 11.2. The van der Waals surface area contributed by atoms with Crippen molar-refractivity contribution in [3.8, 4) is 0 Å². The number of rotatable bonds is 4. The summed E-state index contributed by atoms with van der Waals surface area (Å²) in [6.07, 6.45) is -2.70. The van der Waals surface area contributed by atoms with Gasteiger partial charge >= 0.3 is 6.18 Å². The van der Waals surface area contributed by atoms with Crippen LogP contribution in [0.3, 0.4) is 0 Å². The van der Waals surface area contributed by atoms with Gasteiger partial charge in [-0.2, -0.15) is 13.2 Å². The van der Waals surface area contributed by atoms with E-state index in [1.54, 1.807) is 6.92 Å². The summed E-state index contributed by atoms with van der Waals surface area (Å²) in [6, 6.07) is -1.21. The molecule has 5 nitrogen and oxygen atoms in total. The second-order valence-corrected chi connectivity index (χ2v) is 5.40. The van der Waals surface area contributed by atoms with Crippen molar-refractivity contribution < 1.29 is 22.8 Å². The van der Waals surface area contributed by atoms with Crippen LogP contribution in [0.2, 0.25) is 0 Å². The number of carbonyl (C=O) groups excluding carboxylic acids is 2. The van der Waals surface area contributed by atoms with Crippen LogP contribution in [0.15, 0.2) is 0 Å². The molecule has 1 aliphatic carbocycles. The molecule has 0 spiro atoms. The number of piperazine rings is 1. The van der Waals surface area contributed by atoms with Crippen LogP contribution in [-0.2, 0) is 9.59 Å². The fourth-order valence-electron chi connectivity index (χ4n) is 2.39. The number of amides is 2. The van der Waals surface area contributed by atoms with Crippen molar-refractivity contribution in [3.05, 3.63) is 0 Å². The Balaban J connectivity index is 2.04. The maximum atomic E-state index is 12.7. The zero-order valence-corrected chi connectivity index (χ0v) is 11.2. The Labute approximate surface area is 114 Å². The second kappa shape index (κ2) is 5.59. The first-order chi connectivity index (χ1) is 9.28. The topological polar surface area (TPSA) is 61.4 Å². The third-order valence-corrected chi connectivity index (χ3v) is 3.74. The first-order valence-electron chi connectivity index (χ1n) is 6.65. The highest BCUT2D eigenvalue weighted by Crippen LogP contribution is 2.36. The number of halogens is 3. The lowest BCUT2D eigenvalue weighted by Crippen LogP contribution is -2.61. The van der Waals surface area contributed by atoms with Crippen molar-refractivity contribution >= 4 is 11.8 Å². The van der Waals surface area contributed by atoms with E-state index in [1.807, 2.05) is 0 Å². The van der Waals surface area contributed by atoms with Gasteiger partial charge in [-0.3, -0.25) is 14.9 Å². The number of hydrogen-bond acceptors (Lipinski definition) is 3. The lowest BCUT2D eigenvalue weighted by Gasteiger charge is -2.34. The molecule has 2 aliphatic rings. The third kappa shape index (κ3) is 3.84. The molecule has 2 amide bonds. The van der Waals surface area contributed by atoms with Crippen molar-refractivity contribution in [2.75, 3.05) is 19.6 Å². The molecule has 2 N–H and O–H groups in total. The molecular formula is C12H18F3N3O2. The van der Waals surface area contributed by atoms with Gasteiger partial charge in [0.15, 0.2) is 0 Å². The van der Waals surface area contributed by atoms with Crippen LogP contribution in [0, 0.1) is 5.92 Å². The quantitative estimate of drug-likeness (QED) is 0.782. The van der Waals surface area contributed by atoms with Crippen LogP contribution in [0.4, 0.5) is 13.2 Å². The molecular weight excluding hydrogens is 275 g/mol. The largest absolute Gasteiger partial charge is 0.406 e. The summed E-state index contributed by atoms with van der Waals surface area (Å²) in [6.45, 7) is 0.399. The van der Waals surface area contributed by atoms with Crippen LogP contribution < -0.4 is 10.6 Å². The van der Waals surface area contributed by atoms with E-state index >= 15 is 0 Å². The van der Waals surface area contributed by atoms with E-state index in [-0.39, 0.29) is 24.9 Å². The smallest absolute Gasteiger partial charge is 0.353 e. The number of nitrogens with zero attached hydrogens (tertiary/aromatic N) is 1. The maximum Gasteiger partial charge on any atom is 0.406 e. The Hall–Kier alpha value is -1.31. The molecule has 2 rings (SSSR count). The molecule has 8 heteroatoms. The van der Waals surface area contributed by atoms with Gasteiger partial charge < -0.3 is 10.2 Å². The van der Waals surface area contributed by atoms with Crippen LogP contribution in [0.1, 0.15) is 19.8 Å². The average molecular weight is 293 g/mol. The molecule has 0 bridgehead atoms. The van der Waals surface area contributed by atoms with Crippen molar-refractivity contribution in [2.24, 2.45) is 5.92 Å². The standard InChI is InChI=1S/C12H18F3N3O2/c1-7(8-2-3-8)18(6-12(13,14)15)11(20)9-4-17-10(19)5-16-9/h7-9,16H,2-6H2,1H3,(H,17,19). The Bertz CT molecular complexity index is 386. The highest BCUT2D eigenvalue weighted by molar-refractivity contribution is 5.87. The minimum Gasteiger partial charge on any atom is -0.353 e.